The molecule has 0 spiro atoms. The van der Waals surface area contributed by atoms with Crippen molar-refractivity contribution in [3.63, 3.8) is 0 Å². The summed E-state index contributed by atoms with van der Waals surface area (Å²) in [6.45, 7) is 4.03. The van der Waals surface area contributed by atoms with Crippen molar-refractivity contribution >= 4 is 11.9 Å². The number of esters is 2. The molecule has 5 heteroatoms. The van der Waals surface area contributed by atoms with E-state index >= 15 is 0 Å². The van der Waals surface area contributed by atoms with Crippen molar-refractivity contribution < 1.29 is 24.2 Å². The largest absolute Gasteiger partial charge is 0.462 e. The van der Waals surface area contributed by atoms with Crippen LogP contribution in [0.25, 0.3) is 0 Å². The van der Waals surface area contributed by atoms with Crippen molar-refractivity contribution in [3.8, 4) is 0 Å². The van der Waals surface area contributed by atoms with Gasteiger partial charge in [0.25, 0.3) is 0 Å². The summed E-state index contributed by atoms with van der Waals surface area (Å²) in [4.78, 5) is 24.2. The molecule has 0 fully saturated rings. The summed E-state index contributed by atoms with van der Waals surface area (Å²) in [5.74, 6) is -0.673. The normalized spacial score (nSPS) is 12.8. The molecular formula is C41H70O5. The minimum absolute atomic E-state index is 0.0954. The van der Waals surface area contributed by atoms with Crippen molar-refractivity contribution in [3.05, 3.63) is 60.8 Å². The monoisotopic (exact) mass is 643 g/mol. The molecule has 0 aliphatic carbocycles. The molecule has 0 aromatic carbocycles. The Morgan fingerprint density at radius 3 is 1.41 bits per heavy atom. The Morgan fingerprint density at radius 2 is 0.891 bits per heavy atom. The second-order valence-electron chi connectivity index (χ2n) is 12.3. The Balaban J connectivity index is 3.70. The lowest BCUT2D eigenvalue weighted by Crippen LogP contribution is -2.28. The maximum absolute atomic E-state index is 12.1. The van der Waals surface area contributed by atoms with E-state index < -0.39 is 6.10 Å². The van der Waals surface area contributed by atoms with E-state index in [4.69, 9.17) is 9.47 Å². The van der Waals surface area contributed by atoms with Crippen molar-refractivity contribution in [1.29, 1.82) is 0 Å². The number of unbranched alkanes of at least 4 members (excludes halogenated alkanes) is 15. The third-order valence-corrected chi connectivity index (χ3v) is 7.78. The van der Waals surface area contributed by atoms with E-state index in [9.17, 15) is 14.7 Å². The number of rotatable bonds is 33. The van der Waals surface area contributed by atoms with Crippen LogP contribution in [0.3, 0.4) is 0 Å². The Hall–Kier alpha value is -2.40. The average molecular weight is 643 g/mol. The molecule has 46 heavy (non-hydrogen) atoms. The molecule has 0 aliphatic heterocycles. The first-order chi connectivity index (χ1) is 22.6. The predicted molar refractivity (Wildman–Crippen MR) is 196 cm³/mol. The average Bonchev–Trinajstić information content (AvgIpc) is 3.06. The second kappa shape index (κ2) is 37.1. The molecule has 1 N–H and O–H groups in total. The summed E-state index contributed by atoms with van der Waals surface area (Å²) in [7, 11) is 0. The Kier molecular flexibility index (Phi) is 35.1. The first-order valence-electron chi connectivity index (χ1n) is 18.8. The van der Waals surface area contributed by atoms with Gasteiger partial charge in [-0.3, -0.25) is 9.59 Å². The van der Waals surface area contributed by atoms with Gasteiger partial charge in [0.2, 0.25) is 0 Å². The maximum atomic E-state index is 12.1. The van der Waals surface area contributed by atoms with Crippen LogP contribution in [0.2, 0.25) is 0 Å². The van der Waals surface area contributed by atoms with Crippen molar-refractivity contribution in [1.82, 2.24) is 0 Å². The number of hydrogen-bond acceptors (Lipinski definition) is 5. The smallest absolute Gasteiger partial charge is 0.306 e. The summed E-state index contributed by atoms with van der Waals surface area (Å²) in [5.41, 5.74) is 0. The molecule has 0 amide bonds. The Morgan fingerprint density at radius 1 is 0.500 bits per heavy atom. The molecule has 0 bridgehead atoms. The van der Waals surface area contributed by atoms with Gasteiger partial charge in [0.05, 0.1) is 6.61 Å². The molecule has 0 aromatic heterocycles. The van der Waals surface area contributed by atoms with E-state index in [1.165, 1.54) is 83.5 Å². The van der Waals surface area contributed by atoms with Crippen molar-refractivity contribution in [2.75, 3.05) is 13.2 Å². The molecule has 0 saturated carbocycles. The van der Waals surface area contributed by atoms with Crippen LogP contribution < -0.4 is 0 Å². The third-order valence-electron chi connectivity index (χ3n) is 7.78. The van der Waals surface area contributed by atoms with Gasteiger partial charge in [-0.15, -0.1) is 0 Å². The molecular weight excluding hydrogens is 572 g/mol. The lowest BCUT2D eigenvalue weighted by Gasteiger charge is -2.15. The summed E-state index contributed by atoms with van der Waals surface area (Å²) in [5, 5.41) is 9.53. The van der Waals surface area contributed by atoms with Gasteiger partial charge in [-0.1, -0.05) is 139 Å². The molecule has 5 nitrogen and oxygen atoms in total. The minimum atomic E-state index is -0.804. The van der Waals surface area contributed by atoms with Crippen LogP contribution in [0.1, 0.15) is 168 Å². The predicted octanol–water partition coefficient (Wildman–Crippen LogP) is 11.6. The fourth-order valence-electron chi connectivity index (χ4n) is 4.89. The molecule has 0 aromatic rings. The van der Waals surface area contributed by atoms with Gasteiger partial charge in [-0.2, -0.15) is 0 Å². The Bertz CT molecular complexity index is 823. The van der Waals surface area contributed by atoms with Crippen LogP contribution >= 0.6 is 0 Å². The zero-order chi connectivity index (χ0) is 33.6. The van der Waals surface area contributed by atoms with Crippen molar-refractivity contribution in [2.45, 2.75) is 174 Å². The number of carbonyl (C=O) groups excluding carboxylic acids is 2. The molecule has 0 saturated heterocycles. The zero-order valence-electron chi connectivity index (χ0n) is 29.8. The fraction of sp³-hybridized carbons (Fsp3) is 0.707. The van der Waals surface area contributed by atoms with Crippen LogP contribution in [0.4, 0.5) is 0 Å². The molecule has 0 rings (SSSR count). The van der Waals surface area contributed by atoms with Crippen LogP contribution in [0.5, 0.6) is 0 Å². The van der Waals surface area contributed by atoms with Crippen LogP contribution in [-0.4, -0.2) is 36.4 Å². The quantitative estimate of drug-likeness (QED) is 0.0438. The first-order valence-corrected chi connectivity index (χ1v) is 18.8. The van der Waals surface area contributed by atoms with E-state index in [0.29, 0.717) is 12.8 Å². The highest BCUT2D eigenvalue weighted by molar-refractivity contribution is 5.70. The minimum Gasteiger partial charge on any atom is -0.462 e. The summed E-state index contributed by atoms with van der Waals surface area (Å²) in [6, 6.07) is 0. The molecule has 0 unspecified atom stereocenters. The fourth-order valence-corrected chi connectivity index (χ4v) is 4.89. The van der Waals surface area contributed by atoms with Gasteiger partial charge in [0.15, 0.2) is 6.10 Å². The number of hydrogen-bond donors (Lipinski definition) is 1. The summed E-state index contributed by atoms with van der Waals surface area (Å²) >= 11 is 0. The highest BCUT2D eigenvalue weighted by Gasteiger charge is 2.15. The lowest BCUT2D eigenvalue weighted by molar-refractivity contribution is -0.161. The van der Waals surface area contributed by atoms with Gasteiger partial charge in [0, 0.05) is 12.8 Å². The summed E-state index contributed by atoms with van der Waals surface area (Å²) in [6.07, 6.45) is 47.1. The number of carbonyl (C=O) groups is 2. The van der Waals surface area contributed by atoms with Crippen molar-refractivity contribution in [2.24, 2.45) is 0 Å². The second-order valence-corrected chi connectivity index (χ2v) is 12.3. The molecule has 1 atom stereocenters. The maximum Gasteiger partial charge on any atom is 0.306 e. The number of allylic oxidation sites excluding steroid dienone is 10. The highest BCUT2D eigenvalue weighted by Crippen LogP contribution is 2.10. The van der Waals surface area contributed by atoms with Crippen LogP contribution in [-0.2, 0) is 19.1 Å². The number of aliphatic hydroxyl groups excluding tert-OH is 1. The van der Waals surface area contributed by atoms with Gasteiger partial charge < -0.3 is 14.6 Å². The van der Waals surface area contributed by atoms with E-state index in [1.54, 1.807) is 0 Å². The number of ether oxygens (including phenoxy) is 2. The standard InChI is InChI=1S/C41H70O5/c1-3-5-7-9-11-13-15-17-19-20-22-24-26-28-30-32-34-36-41(44)46-39(37-42)38-45-40(43)35-33-31-29-27-25-23-21-18-16-14-12-10-8-6-4-2/h12,14,17-19,21-22,24,28,30,39,42H,3-11,13,15-16,20,23,25-27,29,31-38H2,1-2H3/b14-12-,19-17-,21-18-,24-22-,30-28-/t39-/m0/s1. The van der Waals surface area contributed by atoms with Gasteiger partial charge in [0.1, 0.15) is 6.61 Å². The van der Waals surface area contributed by atoms with Crippen LogP contribution in [0, 0.1) is 0 Å². The SMILES string of the molecule is CCCCC/C=C\C/C=C\CCCCCCCC(=O)OC[C@H](CO)OC(=O)CCC/C=C\C/C=C\C/C=C\CCCCCCCC. The van der Waals surface area contributed by atoms with E-state index in [0.717, 1.165) is 51.4 Å². The lowest BCUT2D eigenvalue weighted by atomic mass is 10.1. The van der Waals surface area contributed by atoms with E-state index in [1.807, 2.05) is 0 Å². The number of aliphatic hydroxyl groups is 1. The Labute approximate surface area is 283 Å². The zero-order valence-corrected chi connectivity index (χ0v) is 29.8. The molecule has 0 radical (unpaired) electrons. The molecule has 0 aliphatic rings. The molecule has 264 valence electrons. The highest BCUT2D eigenvalue weighted by atomic mass is 16.6. The third kappa shape index (κ3) is 34.5. The van der Waals surface area contributed by atoms with Crippen LogP contribution in [0.15, 0.2) is 60.8 Å². The molecule has 0 heterocycles. The topological polar surface area (TPSA) is 72.8 Å². The van der Waals surface area contributed by atoms with Gasteiger partial charge in [-0.25, -0.2) is 0 Å². The van der Waals surface area contributed by atoms with E-state index in [-0.39, 0.29) is 31.6 Å². The van der Waals surface area contributed by atoms with Gasteiger partial charge in [-0.05, 0) is 77.0 Å². The van der Waals surface area contributed by atoms with E-state index in [2.05, 4.69) is 74.6 Å². The van der Waals surface area contributed by atoms with Gasteiger partial charge >= 0.3 is 11.9 Å². The first kappa shape index (κ1) is 43.6. The summed E-state index contributed by atoms with van der Waals surface area (Å²) < 4.78 is 10.5.